The lowest BCUT2D eigenvalue weighted by Crippen LogP contribution is -2.37. The number of aromatic nitrogens is 2. The minimum atomic E-state index is -0.234. The topological polar surface area (TPSA) is 75.4 Å². The third-order valence-electron chi connectivity index (χ3n) is 6.52. The SMILES string of the molecule is O=C(Cn1nc(Cc2ccccc2)c2ccccc2c1=O)N1C[C@H]2CC(O)C[C@H]2C1. The van der Waals surface area contributed by atoms with Gasteiger partial charge >= 0.3 is 0 Å². The van der Waals surface area contributed by atoms with Gasteiger partial charge in [0.15, 0.2) is 0 Å². The van der Waals surface area contributed by atoms with Crippen LogP contribution in [-0.2, 0) is 17.8 Å². The van der Waals surface area contributed by atoms with E-state index in [1.807, 2.05) is 53.4 Å². The Kier molecular flexibility index (Phi) is 4.87. The molecule has 0 spiro atoms. The molecule has 154 valence electrons. The molecular formula is C24H25N3O3. The van der Waals surface area contributed by atoms with E-state index in [0.29, 0.717) is 36.7 Å². The lowest BCUT2D eigenvalue weighted by molar-refractivity contribution is -0.131. The average molecular weight is 403 g/mol. The molecule has 2 heterocycles. The molecule has 1 unspecified atom stereocenters. The van der Waals surface area contributed by atoms with Crippen molar-refractivity contribution in [1.82, 2.24) is 14.7 Å². The number of hydrogen-bond acceptors (Lipinski definition) is 4. The number of hydrogen-bond donors (Lipinski definition) is 1. The molecule has 2 aliphatic rings. The lowest BCUT2D eigenvalue weighted by atomic mass is 10.0. The number of nitrogens with zero attached hydrogens (tertiary/aromatic N) is 3. The van der Waals surface area contributed by atoms with Gasteiger partial charge in [0, 0.05) is 24.9 Å². The molecule has 6 nitrogen and oxygen atoms in total. The van der Waals surface area contributed by atoms with Crippen molar-refractivity contribution in [2.45, 2.75) is 31.9 Å². The van der Waals surface area contributed by atoms with Gasteiger partial charge in [0.1, 0.15) is 6.54 Å². The van der Waals surface area contributed by atoms with E-state index in [1.54, 1.807) is 6.07 Å². The molecule has 1 saturated heterocycles. The highest BCUT2D eigenvalue weighted by Crippen LogP contribution is 2.38. The molecule has 2 fully saturated rings. The lowest BCUT2D eigenvalue weighted by Gasteiger charge is -2.19. The highest BCUT2D eigenvalue weighted by Gasteiger charge is 2.41. The molecule has 3 atom stereocenters. The van der Waals surface area contributed by atoms with Crippen LogP contribution in [0.1, 0.15) is 24.1 Å². The molecule has 5 rings (SSSR count). The van der Waals surface area contributed by atoms with Gasteiger partial charge in [-0.15, -0.1) is 0 Å². The van der Waals surface area contributed by atoms with Crippen LogP contribution in [0.4, 0.5) is 0 Å². The first kappa shape index (κ1) is 19.0. The fraction of sp³-hybridized carbons (Fsp3) is 0.375. The van der Waals surface area contributed by atoms with E-state index in [1.165, 1.54) is 4.68 Å². The normalized spacial score (nSPS) is 23.1. The number of fused-ring (bicyclic) bond motifs is 2. The smallest absolute Gasteiger partial charge is 0.275 e. The van der Waals surface area contributed by atoms with Gasteiger partial charge < -0.3 is 10.0 Å². The minimum absolute atomic E-state index is 0.0482. The Hall–Kier alpha value is -2.99. The first-order valence-corrected chi connectivity index (χ1v) is 10.6. The fourth-order valence-corrected chi connectivity index (χ4v) is 5.03. The van der Waals surface area contributed by atoms with Crippen LogP contribution in [0.5, 0.6) is 0 Å². The van der Waals surface area contributed by atoms with Crippen molar-refractivity contribution in [3.63, 3.8) is 0 Å². The van der Waals surface area contributed by atoms with E-state index in [4.69, 9.17) is 0 Å². The van der Waals surface area contributed by atoms with Crippen LogP contribution in [0.15, 0.2) is 59.4 Å². The number of carbonyl (C=O) groups excluding carboxylic acids is 1. The van der Waals surface area contributed by atoms with Crippen LogP contribution in [0.2, 0.25) is 0 Å². The van der Waals surface area contributed by atoms with Gasteiger partial charge in [-0.2, -0.15) is 5.10 Å². The summed E-state index contributed by atoms with van der Waals surface area (Å²) in [6.45, 7) is 1.28. The summed E-state index contributed by atoms with van der Waals surface area (Å²) in [6.07, 6.45) is 1.90. The Morgan fingerprint density at radius 2 is 1.60 bits per heavy atom. The number of benzene rings is 2. The van der Waals surface area contributed by atoms with E-state index in [2.05, 4.69) is 5.10 Å². The fourth-order valence-electron chi connectivity index (χ4n) is 5.03. The third kappa shape index (κ3) is 3.52. The third-order valence-corrected chi connectivity index (χ3v) is 6.52. The Balaban J connectivity index is 1.43. The summed E-state index contributed by atoms with van der Waals surface area (Å²) < 4.78 is 1.33. The standard InChI is InChI=1S/C24H25N3O3/c28-19-11-17-13-26(14-18(17)12-19)23(29)15-27-24(30)21-9-5-4-8-20(21)22(25-27)10-16-6-2-1-3-7-16/h1-9,17-19,28H,10-15H2/t17-,18+,19?. The van der Waals surface area contributed by atoms with E-state index in [-0.39, 0.29) is 24.1 Å². The predicted octanol–water partition coefficient (Wildman–Crippen LogP) is 2.22. The van der Waals surface area contributed by atoms with Crippen LogP contribution in [0.3, 0.4) is 0 Å². The number of rotatable bonds is 4. The quantitative estimate of drug-likeness (QED) is 0.725. The van der Waals surface area contributed by atoms with Gasteiger partial charge in [0.05, 0.1) is 17.2 Å². The zero-order valence-corrected chi connectivity index (χ0v) is 16.8. The van der Waals surface area contributed by atoms with Crippen molar-refractivity contribution in [2.24, 2.45) is 11.8 Å². The molecule has 2 aromatic carbocycles. The highest BCUT2D eigenvalue weighted by atomic mass is 16.3. The molecule has 3 aromatic rings. The van der Waals surface area contributed by atoms with Gasteiger partial charge in [-0.25, -0.2) is 4.68 Å². The summed E-state index contributed by atoms with van der Waals surface area (Å²) in [6, 6.07) is 17.5. The van der Waals surface area contributed by atoms with Crippen LogP contribution in [0.25, 0.3) is 10.8 Å². The van der Waals surface area contributed by atoms with Gasteiger partial charge in [-0.05, 0) is 36.3 Å². The molecule has 1 N–H and O–H groups in total. The summed E-state index contributed by atoms with van der Waals surface area (Å²) in [5.74, 6) is 0.673. The molecule has 1 aliphatic heterocycles. The van der Waals surface area contributed by atoms with E-state index >= 15 is 0 Å². The monoisotopic (exact) mass is 403 g/mol. The second-order valence-electron chi connectivity index (χ2n) is 8.56. The highest BCUT2D eigenvalue weighted by molar-refractivity contribution is 5.84. The van der Waals surface area contributed by atoms with Crippen LogP contribution >= 0.6 is 0 Å². The first-order chi connectivity index (χ1) is 14.6. The van der Waals surface area contributed by atoms with Crippen molar-refractivity contribution < 1.29 is 9.90 Å². The maximum absolute atomic E-state index is 13.0. The molecule has 0 radical (unpaired) electrons. The zero-order valence-electron chi connectivity index (χ0n) is 16.8. The second kappa shape index (κ2) is 7.69. The molecule has 1 saturated carbocycles. The number of aliphatic hydroxyl groups is 1. The average Bonchev–Trinajstić information content (AvgIpc) is 3.30. The molecule has 1 aliphatic carbocycles. The Morgan fingerprint density at radius 1 is 0.967 bits per heavy atom. The Labute approximate surface area is 174 Å². The molecule has 0 bridgehead atoms. The summed E-state index contributed by atoms with van der Waals surface area (Å²) in [5, 5.41) is 15.9. The van der Waals surface area contributed by atoms with Gasteiger partial charge in [0.2, 0.25) is 5.91 Å². The van der Waals surface area contributed by atoms with E-state index in [0.717, 1.165) is 29.5 Å². The summed E-state index contributed by atoms with van der Waals surface area (Å²) >= 11 is 0. The van der Waals surface area contributed by atoms with Crippen molar-refractivity contribution in [3.8, 4) is 0 Å². The summed E-state index contributed by atoms with van der Waals surface area (Å²) in [5.41, 5.74) is 1.67. The van der Waals surface area contributed by atoms with Crippen molar-refractivity contribution >= 4 is 16.7 Å². The molecular weight excluding hydrogens is 378 g/mol. The predicted molar refractivity (Wildman–Crippen MR) is 114 cm³/mol. The van der Waals surface area contributed by atoms with Crippen LogP contribution in [0, 0.1) is 11.8 Å². The second-order valence-corrected chi connectivity index (χ2v) is 8.56. The van der Waals surface area contributed by atoms with E-state index in [9.17, 15) is 14.7 Å². The van der Waals surface area contributed by atoms with Crippen LogP contribution < -0.4 is 5.56 Å². The van der Waals surface area contributed by atoms with Gasteiger partial charge in [-0.3, -0.25) is 9.59 Å². The maximum Gasteiger partial charge on any atom is 0.275 e. The van der Waals surface area contributed by atoms with Crippen molar-refractivity contribution in [3.05, 3.63) is 76.2 Å². The van der Waals surface area contributed by atoms with Crippen molar-refractivity contribution in [1.29, 1.82) is 0 Å². The van der Waals surface area contributed by atoms with Gasteiger partial charge in [0.25, 0.3) is 5.56 Å². The molecule has 6 heteroatoms. The minimum Gasteiger partial charge on any atom is -0.393 e. The summed E-state index contributed by atoms with van der Waals surface area (Å²) in [7, 11) is 0. The van der Waals surface area contributed by atoms with Crippen molar-refractivity contribution in [2.75, 3.05) is 13.1 Å². The molecule has 1 amide bonds. The molecule has 30 heavy (non-hydrogen) atoms. The van der Waals surface area contributed by atoms with E-state index < -0.39 is 0 Å². The first-order valence-electron chi connectivity index (χ1n) is 10.6. The molecule has 1 aromatic heterocycles. The number of likely N-dealkylation sites (tertiary alicyclic amines) is 1. The number of carbonyl (C=O) groups is 1. The van der Waals surface area contributed by atoms with Crippen LogP contribution in [-0.4, -0.2) is 44.9 Å². The number of aliphatic hydroxyl groups excluding tert-OH is 1. The number of amides is 1. The Morgan fingerprint density at radius 3 is 2.30 bits per heavy atom. The maximum atomic E-state index is 13.0. The zero-order chi connectivity index (χ0) is 20.7. The largest absolute Gasteiger partial charge is 0.393 e. The Bertz CT molecular complexity index is 1130. The summed E-state index contributed by atoms with van der Waals surface area (Å²) in [4.78, 5) is 27.8. The van der Waals surface area contributed by atoms with Gasteiger partial charge in [-0.1, -0.05) is 48.5 Å².